The van der Waals surface area contributed by atoms with Gasteiger partial charge in [0.2, 0.25) is 0 Å². The minimum atomic E-state index is -4.63. The summed E-state index contributed by atoms with van der Waals surface area (Å²) in [7, 11) is 0. The fourth-order valence-corrected chi connectivity index (χ4v) is 1.99. The summed E-state index contributed by atoms with van der Waals surface area (Å²) in [6, 6.07) is 3.14. The molecule has 0 saturated carbocycles. The molecule has 1 rings (SSSR count). The Morgan fingerprint density at radius 2 is 1.61 bits per heavy atom. The maximum absolute atomic E-state index is 13.0. The maximum atomic E-state index is 13.0. The number of hydrogen-bond acceptors (Lipinski definition) is 3. The van der Waals surface area contributed by atoms with Crippen LogP contribution in [0, 0.1) is 0 Å². The van der Waals surface area contributed by atoms with Crippen molar-refractivity contribution in [2.45, 2.75) is 38.3 Å². The van der Waals surface area contributed by atoms with E-state index in [1.807, 2.05) is 6.92 Å². The number of unbranched alkanes of at least 4 members (excludes halogenated alkanes) is 1. The molecule has 0 unspecified atom stereocenters. The Morgan fingerprint density at radius 3 is 2.11 bits per heavy atom. The lowest BCUT2D eigenvalue weighted by atomic mass is 10.2. The van der Waals surface area contributed by atoms with Gasteiger partial charge >= 0.3 is 18.5 Å². The monoisotopic (exact) mass is 436 g/mol. The van der Waals surface area contributed by atoms with Crippen LogP contribution in [0.2, 0.25) is 0 Å². The van der Waals surface area contributed by atoms with Crippen LogP contribution >= 0.6 is 12.2 Å². The van der Waals surface area contributed by atoms with Gasteiger partial charge < -0.3 is 20.1 Å². The van der Waals surface area contributed by atoms with E-state index in [2.05, 4.69) is 20.1 Å². The smallest absolute Gasteiger partial charge is 0.422 e. The molecule has 4 nitrogen and oxygen atoms in total. The molecule has 0 radical (unpaired) electrons. The van der Waals surface area contributed by atoms with Crippen LogP contribution in [0.15, 0.2) is 18.2 Å². The van der Waals surface area contributed by atoms with E-state index in [1.165, 1.54) is 0 Å². The average molecular weight is 436 g/mol. The van der Waals surface area contributed by atoms with Crippen LogP contribution in [0.25, 0.3) is 0 Å². The third kappa shape index (κ3) is 9.29. The number of nitrogens with one attached hydrogen (secondary N) is 2. The molecule has 0 aliphatic heterocycles. The Kier molecular flexibility index (Phi) is 9.05. The van der Waals surface area contributed by atoms with Crippen LogP contribution in [0.5, 0.6) is 11.5 Å². The summed E-state index contributed by atoms with van der Waals surface area (Å²) in [6.07, 6.45) is -6.88. The quantitative estimate of drug-likeness (QED) is 0.307. The lowest BCUT2D eigenvalue weighted by Gasteiger charge is -2.18. The molecule has 0 heterocycles. The zero-order valence-corrected chi connectivity index (χ0v) is 15.5. The van der Waals surface area contributed by atoms with Gasteiger partial charge in [0.25, 0.3) is 0 Å². The van der Waals surface area contributed by atoms with Gasteiger partial charge in [-0.05, 0) is 18.6 Å². The highest BCUT2D eigenvalue weighted by Gasteiger charge is 2.41. The van der Waals surface area contributed by atoms with E-state index < -0.39 is 31.7 Å². The van der Waals surface area contributed by atoms with Crippen LogP contribution in [0.1, 0.15) is 19.8 Å². The standard InChI is InChI=1S/C16H19F7N2O2S/c1-2-3-4-24-14(28)25-10-5-11(26-8-15(19,20)13(17)18)7-12(6-10)27-9-16(21,22)23/h5-7,13H,2-4,8-9H2,1H3,(H2,24,25,28). The molecule has 0 aliphatic carbocycles. The molecule has 0 spiro atoms. The molecular weight excluding hydrogens is 417 g/mol. The molecule has 1 aromatic carbocycles. The second-order valence-electron chi connectivity index (χ2n) is 5.68. The van der Waals surface area contributed by atoms with E-state index in [1.54, 1.807) is 0 Å². The van der Waals surface area contributed by atoms with Crippen molar-refractivity contribution < 1.29 is 40.2 Å². The predicted octanol–water partition coefficient (Wildman–Crippen LogP) is 4.99. The third-order valence-electron chi connectivity index (χ3n) is 3.11. The van der Waals surface area contributed by atoms with Crippen molar-refractivity contribution in [2.24, 2.45) is 0 Å². The van der Waals surface area contributed by atoms with Gasteiger partial charge in [-0.3, -0.25) is 0 Å². The zero-order valence-electron chi connectivity index (χ0n) is 14.7. The number of thiocarbonyl (C=S) groups is 1. The van der Waals surface area contributed by atoms with Crippen molar-refractivity contribution in [3.63, 3.8) is 0 Å². The third-order valence-corrected chi connectivity index (χ3v) is 3.35. The Labute approximate surface area is 162 Å². The minimum absolute atomic E-state index is 0.0732. The molecule has 0 fully saturated rings. The Hall–Kier alpha value is -1.98. The van der Waals surface area contributed by atoms with Gasteiger partial charge in [-0.2, -0.15) is 22.0 Å². The van der Waals surface area contributed by atoms with E-state index in [4.69, 9.17) is 12.2 Å². The first-order valence-corrected chi connectivity index (χ1v) is 8.52. The molecule has 2 N–H and O–H groups in total. The Balaban J connectivity index is 2.92. The van der Waals surface area contributed by atoms with Crippen LogP contribution < -0.4 is 20.1 Å². The molecule has 0 aromatic heterocycles. The summed E-state index contributed by atoms with van der Waals surface area (Å²) in [6.45, 7) is -0.802. The molecule has 160 valence electrons. The Bertz CT molecular complexity index is 642. The highest BCUT2D eigenvalue weighted by atomic mass is 32.1. The number of halogens is 7. The summed E-state index contributed by atoms with van der Waals surface area (Å²) in [5.74, 6) is -5.18. The predicted molar refractivity (Wildman–Crippen MR) is 93.6 cm³/mol. The van der Waals surface area contributed by atoms with Crippen LogP contribution in [-0.2, 0) is 0 Å². The molecule has 28 heavy (non-hydrogen) atoms. The van der Waals surface area contributed by atoms with E-state index in [-0.39, 0.29) is 22.3 Å². The number of ether oxygens (including phenoxy) is 2. The van der Waals surface area contributed by atoms with Crippen LogP contribution in [-0.4, -0.2) is 43.4 Å². The zero-order chi connectivity index (χ0) is 21.4. The molecule has 0 aliphatic rings. The van der Waals surface area contributed by atoms with Crippen LogP contribution in [0.3, 0.4) is 0 Å². The van der Waals surface area contributed by atoms with Gasteiger partial charge in [-0.1, -0.05) is 13.3 Å². The van der Waals surface area contributed by atoms with Gasteiger partial charge in [-0.25, -0.2) is 8.78 Å². The van der Waals surface area contributed by atoms with E-state index in [0.717, 1.165) is 31.0 Å². The molecular formula is C16H19F7N2O2S. The number of rotatable bonds is 10. The summed E-state index contributed by atoms with van der Waals surface area (Å²) in [4.78, 5) is 0. The Morgan fingerprint density at radius 1 is 1.04 bits per heavy atom. The van der Waals surface area contributed by atoms with E-state index in [0.29, 0.717) is 6.54 Å². The fraction of sp³-hybridized carbons (Fsp3) is 0.562. The lowest BCUT2D eigenvalue weighted by Crippen LogP contribution is -2.33. The number of benzene rings is 1. The molecule has 0 amide bonds. The molecule has 0 saturated heterocycles. The normalized spacial score (nSPS) is 12.0. The summed E-state index contributed by atoms with van der Waals surface area (Å²) < 4.78 is 96.7. The second-order valence-corrected chi connectivity index (χ2v) is 6.09. The second kappa shape index (κ2) is 10.5. The van der Waals surface area contributed by atoms with Crippen molar-refractivity contribution >= 4 is 23.0 Å². The number of alkyl halides is 7. The minimum Gasteiger partial charge on any atom is -0.487 e. The number of anilines is 1. The van der Waals surface area contributed by atoms with Crippen molar-refractivity contribution in [1.82, 2.24) is 5.32 Å². The van der Waals surface area contributed by atoms with Gasteiger partial charge in [0.15, 0.2) is 18.3 Å². The van der Waals surface area contributed by atoms with Gasteiger partial charge in [-0.15, -0.1) is 0 Å². The number of hydrogen-bond donors (Lipinski definition) is 2. The van der Waals surface area contributed by atoms with Crippen molar-refractivity contribution in [2.75, 3.05) is 25.1 Å². The first kappa shape index (κ1) is 24.1. The van der Waals surface area contributed by atoms with E-state index >= 15 is 0 Å². The molecule has 0 atom stereocenters. The first-order valence-electron chi connectivity index (χ1n) is 8.11. The van der Waals surface area contributed by atoms with Gasteiger partial charge in [0, 0.05) is 30.4 Å². The summed E-state index contributed by atoms with van der Waals surface area (Å²) in [5.41, 5.74) is 0.0732. The van der Waals surface area contributed by atoms with Crippen molar-refractivity contribution in [1.29, 1.82) is 0 Å². The fourth-order valence-electron chi connectivity index (χ4n) is 1.77. The van der Waals surface area contributed by atoms with Gasteiger partial charge in [0.1, 0.15) is 11.5 Å². The molecule has 12 heteroatoms. The molecule has 0 bridgehead atoms. The van der Waals surface area contributed by atoms with Crippen molar-refractivity contribution in [3.05, 3.63) is 18.2 Å². The first-order chi connectivity index (χ1) is 12.9. The summed E-state index contributed by atoms with van der Waals surface area (Å²) >= 11 is 5.01. The van der Waals surface area contributed by atoms with E-state index in [9.17, 15) is 30.7 Å². The highest BCUT2D eigenvalue weighted by Crippen LogP contribution is 2.30. The average Bonchev–Trinajstić information content (AvgIpc) is 2.58. The highest BCUT2D eigenvalue weighted by molar-refractivity contribution is 7.80. The van der Waals surface area contributed by atoms with Crippen LogP contribution in [0.4, 0.5) is 36.4 Å². The topological polar surface area (TPSA) is 42.5 Å². The molecule has 1 aromatic rings. The van der Waals surface area contributed by atoms with Crippen molar-refractivity contribution in [3.8, 4) is 11.5 Å². The maximum Gasteiger partial charge on any atom is 0.422 e. The lowest BCUT2D eigenvalue weighted by molar-refractivity contribution is -0.153. The van der Waals surface area contributed by atoms with Gasteiger partial charge in [0.05, 0.1) is 0 Å². The summed E-state index contributed by atoms with van der Waals surface area (Å²) in [5, 5.41) is 5.61. The SMILES string of the molecule is CCCCNC(=S)Nc1cc(OCC(F)(F)F)cc(OCC(F)(F)C(F)F)c1. The largest absolute Gasteiger partial charge is 0.487 e.